The molecule has 0 saturated carbocycles. The number of aryl methyl sites for hydroxylation is 1. The van der Waals surface area contributed by atoms with Crippen LogP contribution in [0, 0.1) is 37.3 Å². The Hall–Kier alpha value is -3.22. The van der Waals surface area contributed by atoms with Crippen LogP contribution in [-0.2, 0) is 0 Å². The summed E-state index contributed by atoms with van der Waals surface area (Å²) in [6, 6.07) is 17.0. The lowest BCUT2D eigenvalue weighted by Crippen LogP contribution is -2.51. The van der Waals surface area contributed by atoms with Gasteiger partial charge in [0, 0.05) is 48.5 Å². The molecule has 0 aromatic heterocycles. The number of aliphatic hydroxyl groups excluding tert-OH is 1. The molecule has 0 amide bonds. The third-order valence-electron chi connectivity index (χ3n) is 7.09. The summed E-state index contributed by atoms with van der Waals surface area (Å²) in [5.74, 6) is -3.31. The molecule has 6 heteroatoms. The van der Waals surface area contributed by atoms with Crippen LogP contribution >= 0.6 is 0 Å². The number of carbonyl (C=O) groups is 2. The van der Waals surface area contributed by atoms with E-state index in [-0.39, 0.29) is 29.3 Å². The molecular weight excluding hydrogens is 448 g/mol. The molecule has 182 valence electrons. The molecule has 3 atom stereocenters. The maximum atomic E-state index is 14.0. The Bertz CT molecular complexity index is 1170. The Balaban J connectivity index is 1.86. The predicted molar refractivity (Wildman–Crippen MR) is 131 cm³/mol. The van der Waals surface area contributed by atoms with Crippen LogP contribution in [0.2, 0.25) is 0 Å². The van der Waals surface area contributed by atoms with E-state index in [1.807, 2.05) is 36.9 Å². The van der Waals surface area contributed by atoms with Crippen molar-refractivity contribution in [1.29, 1.82) is 0 Å². The quantitative estimate of drug-likeness (QED) is 0.488. The monoisotopic (exact) mass is 477 g/mol. The van der Waals surface area contributed by atoms with Crippen LogP contribution < -0.4 is 0 Å². The second-order valence-corrected chi connectivity index (χ2v) is 9.26. The van der Waals surface area contributed by atoms with Crippen LogP contribution in [0.4, 0.5) is 8.78 Å². The number of rotatable bonds is 7. The molecule has 1 fully saturated rings. The van der Waals surface area contributed by atoms with E-state index < -0.39 is 29.4 Å². The molecule has 3 aromatic rings. The number of halogens is 2. The van der Waals surface area contributed by atoms with Gasteiger partial charge in [0.25, 0.3) is 0 Å². The number of hydrogen-bond donors (Lipinski definition) is 1. The van der Waals surface area contributed by atoms with E-state index in [9.17, 15) is 23.5 Å². The average Bonchev–Trinajstić information content (AvgIpc) is 2.85. The fourth-order valence-corrected chi connectivity index (χ4v) is 5.23. The van der Waals surface area contributed by atoms with Crippen molar-refractivity contribution in [3.8, 4) is 0 Å². The molecule has 1 N–H and O–H groups in total. The second kappa shape index (κ2) is 10.6. The van der Waals surface area contributed by atoms with E-state index in [4.69, 9.17) is 0 Å². The summed E-state index contributed by atoms with van der Waals surface area (Å²) in [7, 11) is 0. The number of hydrogen-bond acceptors (Lipinski definition) is 4. The largest absolute Gasteiger partial charge is 0.395 e. The molecule has 1 aliphatic rings. The van der Waals surface area contributed by atoms with Gasteiger partial charge in [0.15, 0.2) is 11.6 Å². The normalized spacial score (nSPS) is 20.5. The van der Waals surface area contributed by atoms with Crippen LogP contribution in [0.25, 0.3) is 0 Å². The summed E-state index contributed by atoms with van der Waals surface area (Å²) in [5, 5.41) is 9.63. The van der Waals surface area contributed by atoms with Gasteiger partial charge in [-0.1, -0.05) is 42.5 Å². The average molecular weight is 478 g/mol. The lowest BCUT2D eigenvalue weighted by atomic mass is 9.67. The fraction of sp³-hybridized carbons (Fsp3) is 0.310. The molecule has 3 aromatic carbocycles. The van der Waals surface area contributed by atoms with Gasteiger partial charge in [-0.05, 0) is 54.8 Å². The van der Waals surface area contributed by atoms with Crippen LogP contribution in [0.1, 0.15) is 43.3 Å². The lowest BCUT2D eigenvalue weighted by Gasteiger charge is -2.43. The third-order valence-corrected chi connectivity index (χ3v) is 7.09. The van der Waals surface area contributed by atoms with Gasteiger partial charge >= 0.3 is 0 Å². The van der Waals surface area contributed by atoms with Crippen molar-refractivity contribution in [3.63, 3.8) is 0 Å². The molecule has 0 radical (unpaired) electrons. The summed E-state index contributed by atoms with van der Waals surface area (Å²) in [5.41, 5.74) is 3.40. The Kier molecular flexibility index (Phi) is 7.53. The summed E-state index contributed by atoms with van der Waals surface area (Å²) < 4.78 is 28.0. The van der Waals surface area contributed by atoms with E-state index >= 15 is 0 Å². The van der Waals surface area contributed by atoms with Crippen LogP contribution in [0.5, 0.6) is 0 Å². The van der Waals surface area contributed by atoms with E-state index in [0.29, 0.717) is 19.6 Å². The molecule has 1 heterocycles. The minimum absolute atomic E-state index is 0.129. The third kappa shape index (κ3) is 5.24. The minimum Gasteiger partial charge on any atom is -0.395 e. The molecule has 0 bridgehead atoms. The highest BCUT2D eigenvalue weighted by Gasteiger charge is 2.45. The molecular formula is C29H29F2NO3. The van der Waals surface area contributed by atoms with Gasteiger partial charge in [-0.25, -0.2) is 8.78 Å². The number of nitrogens with zero attached hydrogens (tertiary/aromatic N) is 1. The van der Waals surface area contributed by atoms with Crippen molar-refractivity contribution in [2.24, 2.45) is 11.8 Å². The first kappa shape index (κ1) is 24.9. The second-order valence-electron chi connectivity index (χ2n) is 9.26. The lowest BCUT2D eigenvalue weighted by molar-refractivity contribution is 0.0529. The minimum atomic E-state index is -0.653. The molecule has 1 aliphatic heterocycles. The van der Waals surface area contributed by atoms with Crippen molar-refractivity contribution in [2.45, 2.75) is 19.8 Å². The van der Waals surface area contributed by atoms with Gasteiger partial charge in [0.1, 0.15) is 11.6 Å². The molecule has 4 rings (SSSR count). The fourth-order valence-electron chi connectivity index (χ4n) is 5.23. The van der Waals surface area contributed by atoms with Crippen molar-refractivity contribution in [2.75, 3.05) is 26.2 Å². The van der Waals surface area contributed by atoms with Gasteiger partial charge in [-0.2, -0.15) is 0 Å². The smallest absolute Gasteiger partial charge is 0.167 e. The number of β-amino-alcohol motifs (C(OH)–C–C–N with tert-alkyl or cyclic N) is 1. The number of benzene rings is 3. The molecule has 0 spiro atoms. The number of aliphatic hydroxyl groups is 1. The Morgan fingerprint density at radius 3 is 1.86 bits per heavy atom. The summed E-state index contributed by atoms with van der Waals surface area (Å²) >= 11 is 0. The van der Waals surface area contributed by atoms with E-state index in [1.165, 1.54) is 36.4 Å². The zero-order chi connectivity index (χ0) is 25.1. The first-order chi connectivity index (χ1) is 16.8. The van der Waals surface area contributed by atoms with E-state index in [0.717, 1.165) is 16.7 Å². The Morgan fingerprint density at radius 1 is 0.857 bits per heavy atom. The highest BCUT2D eigenvalue weighted by atomic mass is 19.1. The number of carbonyl (C=O) groups excluding carboxylic acids is 2. The van der Waals surface area contributed by atoms with Gasteiger partial charge < -0.3 is 5.11 Å². The maximum Gasteiger partial charge on any atom is 0.167 e. The van der Waals surface area contributed by atoms with Crippen LogP contribution in [0.15, 0.2) is 66.7 Å². The SMILES string of the molecule is Cc1cccc([C@@H]2[C@@H](C(=O)c3cccc(F)c3)CN(CCO)C[C@H]2C(=O)c2cccc(F)c2)c1C. The standard InChI is InChI=1S/C29H29F2NO3/c1-18-6-3-11-24(19(18)2)27-25(28(34)20-7-4-9-22(30)14-20)16-32(12-13-33)17-26(27)29(35)21-8-5-10-23(31)15-21/h3-11,14-15,25-27,33H,12-13,16-17H2,1-2H3/t25-,26+,27+. The van der Waals surface area contributed by atoms with E-state index in [1.54, 1.807) is 12.1 Å². The van der Waals surface area contributed by atoms with Gasteiger partial charge in [-0.15, -0.1) is 0 Å². The van der Waals surface area contributed by atoms with Crippen LogP contribution in [0.3, 0.4) is 0 Å². The summed E-state index contributed by atoms with van der Waals surface area (Å²) in [6.07, 6.45) is 0. The first-order valence-corrected chi connectivity index (χ1v) is 11.8. The van der Waals surface area contributed by atoms with Crippen LogP contribution in [-0.4, -0.2) is 47.8 Å². The van der Waals surface area contributed by atoms with Crippen molar-refractivity contribution >= 4 is 11.6 Å². The van der Waals surface area contributed by atoms with Gasteiger partial charge in [0.2, 0.25) is 0 Å². The highest BCUT2D eigenvalue weighted by molar-refractivity contribution is 6.02. The zero-order valence-electron chi connectivity index (χ0n) is 19.9. The summed E-state index contributed by atoms with van der Waals surface area (Å²) in [6.45, 7) is 4.75. The molecule has 35 heavy (non-hydrogen) atoms. The molecule has 0 unspecified atom stereocenters. The Labute approximate surface area is 204 Å². The number of Topliss-reactive ketones (excluding diaryl/α,β-unsaturated/α-hetero) is 2. The van der Waals surface area contributed by atoms with Crippen molar-refractivity contribution in [3.05, 3.63) is 106 Å². The zero-order valence-corrected chi connectivity index (χ0v) is 19.9. The highest BCUT2D eigenvalue weighted by Crippen LogP contribution is 2.42. The number of likely N-dealkylation sites (tertiary alicyclic amines) is 1. The topological polar surface area (TPSA) is 57.6 Å². The van der Waals surface area contributed by atoms with Gasteiger partial charge in [-0.3, -0.25) is 14.5 Å². The molecule has 4 nitrogen and oxygen atoms in total. The maximum absolute atomic E-state index is 14.0. The predicted octanol–water partition coefficient (Wildman–Crippen LogP) is 4.97. The summed E-state index contributed by atoms with van der Waals surface area (Å²) in [4.78, 5) is 29.5. The van der Waals surface area contributed by atoms with E-state index in [2.05, 4.69) is 0 Å². The van der Waals surface area contributed by atoms with Crippen molar-refractivity contribution in [1.82, 2.24) is 4.90 Å². The first-order valence-electron chi connectivity index (χ1n) is 11.8. The number of piperidine rings is 1. The van der Waals surface area contributed by atoms with Crippen molar-refractivity contribution < 1.29 is 23.5 Å². The van der Waals surface area contributed by atoms with Gasteiger partial charge in [0.05, 0.1) is 6.61 Å². The molecule has 1 saturated heterocycles. The number of ketones is 2. The Morgan fingerprint density at radius 2 is 1.37 bits per heavy atom. The molecule has 0 aliphatic carbocycles.